The van der Waals surface area contributed by atoms with Crippen molar-refractivity contribution in [3.8, 4) is 11.6 Å². The van der Waals surface area contributed by atoms with E-state index in [0.29, 0.717) is 24.8 Å². The van der Waals surface area contributed by atoms with Gasteiger partial charge in [0.15, 0.2) is 0 Å². The highest BCUT2D eigenvalue weighted by atomic mass is 16.5. The Kier molecular flexibility index (Phi) is 5.16. The molecule has 132 valence electrons. The average Bonchev–Trinajstić information content (AvgIpc) is 3.21. The molecule has 0 aliphatic carbocycles. The maximum atomic E-state index is 12.5. The van der Waals surface area contributed by atoms with E-state index in [-0.39, 0.29) is 5.97 Å². The topological polar surface area (TPSA) is 70.2 Å². The molecule has 0 radical (unpaired) electrons. The first-order chi connectivity index (χ1) is 12.2. The lowest BCUT2D eigenvalue weighted by Gasteiger charge is -2.18. The highest BCUT2D eigenvalue weighted by Gasteiger charge is 2.26. The number of esters is 1. The molecule has 0 saturated carbocycles. The molecule has 0 amide bonds. The standard InChI is InChI=1S/C19H23N3O3/c1-4-9-17-20-21-18(25-17)16-12-13-10-7-8-11-15(13)22(16)14(5-2)19(23)24-6-3/h7-8,10-12,14H,4-6,9H2,1-3H3. The van der Waals surface area contributed by atoms with Gasteiger partial charge in [0.25, 0.3) is 5.89 Å². The second kappa shape index (κ2) is 7.51. The molecule has 0 bridgehead atoms. The van der Waals surface area contributed by atoms with Gasteiger partial charge in [-0.2, -0.15) is 0 Å². The van der Waals surface area contributed by atoms with Crippen LogP contribution in [-0.4, -0.2) is 27.3 Å². The fourth-order valence-electron chi connectivity index (χ4n) is 3.04. The van der Waals surface area contributed by atoms with Crippen LogP contribution in [0.15, 0.2) is 34.7 Å². The minimum Gasteiger partial charge on any atom is -0.464 e. The molecule has 6 heteroatoms. The highest BCUT2D eigenvalue weighted by Crippen LogP contribution is 2.32. The van der Waals surface area contributed by atoms with Gasteiger partial charge >= 0.3 is 5.97 Å². The number of benzene rings is 1. The van der Waals surface area contributed by atoms with Crippen molar-refractivity contribution in [1.82, 2.24) is 14.8 Å². The molecule has 3 rings (SSSR count). The number of hydrogen-bond donors (Lipinski definition) is 0. The quantitative estimate of drug-likeness (QED) is 0.604. The molecule has 3 aromatic rings. The number of ether oxygens (including phenoxy) is 1. The SMILES string of the molecule is CCCc1nnc(-c2cc3ccccc3n2C(CC)C(=O)OCC)o1. The normalized spacial score (nSPS) is 12.4. The highest BCUT2D eigenvalue weighted by molar-refractivity contribution is 5.88. The minimum absolute atomic E-state index is 0.249. The van der Waals surface area contributed by atoms with Crippen molar-refractivity contribution in [3.63, 3.8) is 0 Å². The summed E-state index contributed by atoms with van der Waals surface area (Å²) in [6.07, 6.45) is 2.29. The van der Waals surface area contributed by atoms with E-state index in [2.05, 4.69) is 17.1 Å². The summed E-state index contributed by atoms with van der Waals surface area (Å²) in [4.78, 5) is 12.5. The first kappa shape index (κ1) is 17.2. The number of fused-ring (bicyclic) bond motifs is 1. The summed E-state index contributed by atoms with van der Waals surface area (Å²) in [5.74, 6) is 0.793. The number of aromatic nitrogens is 3. The Labute approximate surface area is 146 Å². The van der Waals surface area contributed by atoms with E-state index in [4.69, 9.17) is 9.15 Å². The molecular formula is C19H23N3O3. The Morgan fingerprint density at radius 3 is 2.76 bits per heavy atom. The lowest BCUT2D eigenvalue weighted by atomic mass is 10.2. The molecule has 0 aliphatic heterocycles. The third-order valence-corrected chi connectivity index (χ3v) is 4.15. The van der Waals surface area contributed by atoms with Crippen molar-refractivity contribution in [2.45, 2.75) is 46.1 Å². The number of para-hydroxylation sites is 1. The van der Waals surface area contributed by atoms with E-state index in [1.54, 1.807) is 0 Å². The van der Waals surface area contributed by atoms with Gasteiger partial charge in [0.2, 0.25) is 5.89 Å². The summed E-state index contributed by atoms with van der Waals surface area (Å²) in [5.41, 5.74) is 1.70. The molecule has 6 nitrogen and oxygen atoms in total. The zero-order valence-corrected chi connectivity index (χ0v) is 14.9. The van der Waals surface area contributed by atoms with Gasteiger partial charge in [-0.25, -0.2) is 4.79 Å². The second-order valence-electron chi connectivity index (χ2n) is 5.89. The average molecular weight is 341 g/mol. The van der Waals surface area contributed by atoms with E-state index in [1.165, 1.54) is 0 Å². The molecule has 1 atom stereocenters. The molecule has 0 N–H and O–H groups in total. The maximum Gasteiger partial charge on any atom is 0.329 e. The van der Waals surface area contributed by atoms with Gasteiger partial charge in [-0.05, 0) is 31.9 Å². The Morgan fingerprint density at radius 1 is 1.24 bits per heavy atom. The lowest BCUT2D eigenvalue weighted by molar-refractivity contribution is -0.147. The summed E-state index contributed by atoms with van der Waals surface area (Å²) in [6.45, 7) is 6.20. The third kappa shape index (κ3) is 3.29. The summed E-state index contributed by atoms with van der Waals surface area (Å²) in [5, 5.41) is 9.33. The monoisotopic (exact) mass is 341 g/mol. The Hall–Kier alpha value is -2.63. The summed E-state index contributed by atoms with van der Waals surface area (Å²) < 4.78 is 13.1. The smallest absolute Gasteiger partial charge is 0.329 e. The number of rotatable bonds is 7. The minimum atomic E-state index is -0.434. The Bertz CT molecular complexity index is 866. The summed E-state index contributed by atoms with van der Waals surface area (Å²) >= 11 is 0. The number of nitrogens with zero attached hydrogens (tertiary/aromatic N) is 3. The van der Waals surface area contributed by atoms with Crippen LogP contribution >= 0.6 is 0 Å². The van der Waals surface area contributed by atoms with Gasteiger partial charge in [0.1, 0.15) is 11.7 Å². The van der Waals surface area contributed by atoms with Crippen LogP contribution in [0.5, 0.6) is 0 Å². The molecule has 25 heavy (non-hydrogen) atoms. The summed E-state index contributed by atoms with van der Waals surface area (Å²) in [6, 6.07) is 9.48. The van der Waals surface area contributed by atoms with E-state index in [9.17, 15) is 4.79 Å². The van der Waals surface area contributed by atoms with E-state index in [1.807, 2.05) is 48.7 Å². The predicted molar refractivity (Wildman–Crippen MR) is 95.2 cm³/mol. The molecule has 2 aromatic heterocycles. The largest absolute Gasteiger partial charge is 0.464 e. The van der Waals surface area contributed by atoms with Crippen molar-refractivity contribution in [3.05, 3.63) is 36.2 Å². The number of aryl methyl sites for hydroxylation is 1. The molecule has 0 spiro atoms. The zero-order chi connectivity index (χ0) is 17.8. The van der Waals surface area contributed by atoms with Crippen LogP contribution in [0.1, 0.15) is 45.5 Å². The Morgan fingerprint density at radius 2 is 2.04 bits per heavy atom. The van der Waals surface area contributed by atoms with Crippen LogP contribution in [0.2, 0.25) is 0 Å². The van der Waals surface area contributed by atoms with Crippen molar-refractivity contribution >= 4 is 16.9 Å². The fourth-order valence-corrected chi connectivity index (χ4v) is 3.04. The van der Waals surface area contributed by atoms with Gasteiger partial charge in [-0.15, -0.1) is 10.2 Å². The maximum absolute atomic E-state index is 12.5. The van der Waals surface area contributed by atoms with Crippen molar-refractivity contribution in [2.75, 3.05) is 6.61 Å². The Balaban J connectivity index is 2.15. The second-order valence-corrected chi connectivity index (χ2v) is 5.89. The molecule has 1 unspecified atom stereocenters. The molecule has 1 aromatic carbocycles. The van der Waals surface area contributed by atoms with Gasteiger partial charge in [0.05, 0.1) is 6.61 Å². The first-order valence-electron chi connectivity index (χ1n) is 8.78. The van der Waals surface area contributed by atoms with E-state index in [0.717, 1.165) is 29.4 Å². The molecule has 0 aliphatic rings. The van der Waals surface area contributed by atoms with Gasteiger partial charge < -0.3 is 13.7 Å². The van der Waals surface area contributed by atoms with Crippen LogP contribution in [0.25, 0.3) is 22.5 Å². The number of hydrogen-bond acceptors (Lipinski definition) is 5. The first-order valence-corrected chi connectivity index (χ1v) is 8.78. The van der Waals surface area contributed by atoms with Crippen LogP contribution in [0.4, 0.5) is 0 Å². The third-order valence-electron chi connectivity index (χ3n) is 4.15. The van der Waals surface area contributed by atoms with E-state index >= 15 is 0 Å². The van der Waals surface area contributed by atoms with E-state index < -0.39 is 6.04 Å². The van der Waals surface area contributed by atoms with Gasteiger partial charge in [-0.3, -0.25) is 0 Å². The van der Waals surface area contributed by atoms with Crippen molar-refractivity contribution in [1.29, 1.82) is 0 Å². The number of carbonyl (C=O) groups is 1. The van der Waals surface area contributed by atoms with Gasteiger partial charge in [-0.1, -0.05) is 32.0 Å². The van der Waals surface area contributed by atoms with Crippen LogP contribution in [0, 0.1) is 0 Å². The molecular weight excluding hydrogens is 318 g/mol. The van der Waals surface area contributed by atoms with Crippen molar-refractivity contribution in [2.24, 2.45) is 0 Å². The van der Waals surface area contributed by atoms with Crippen LogP contribution in [0.3, 0.4) is 0 Å². The van der Waals surface area contributed by atoms with Crippen LogP contribution < -0.4 is 0 Å². The lowest BCUT2D eigenvalue weighted by Crippen LogP contribution is -2.22. The fraction of sp³-hybridized carbons (Fsp3) is 0.421. The van der Waals surface area contributed by atoms with Crippen molar-refractivity contribution < 1.29 is 13.9 Å². The predicted octanol–water partition coefficient (Wildman–Crippen LogP) is 4.16. The van der Waals surface area contributed by atoms with Crippen LogP contribution in [-0.2, 0) is 16.0 Å². The molecule has 2 heterocycles. The zero-order valence-electron chi connectivity index (χ0n) is 14.9. The molecule has 0 saturated heterocycles. The van der Waals surface area contributed by atoms with Gasteiger partial charge in [0, 0.05) is 17.3 Å². The summed E-state index contributed by atoms with van der Waals surface area (Å²) in [7, 11) is 0. The number of carbonyl (C=O) groups excluding carboxylic acids is 1. The molecule has 0 fully saturated rings.